The van der Waals surface area contributed by atoms with Crippen LogP contribution in [0.15, 0.2) is 0 Å². The van der Waals surface area contributed by atoms with Gasteiger partial charge in [-0.25, -0.2) is 0 Å². The van der Waals surface area contributed by atoms with Gasteiger partial charge in [0.2, 0.25) is 5.91 Å². The van der Waals surface area contributed by atoms with Gasteiger partial charge in [-0.3, -0.25) is 4.79 Å². The second-order valence-corrected chi connectivity index (χ2v) is 5.35. The molecule has 0 bridgehead atoms. The van der Waals surface area contributed by atoms with Gasteiger partial charge < -0.3 is 15.5 Å². The van der Waals surface area contributed by atoms with Crippen LogP contribution in [0.5, 0.6) is 0 Å². The lowest BCUT2D eigenvalue weighted by Gasteiger charge is -2.41. The number of hydrogen-bond acceptors (Lipinski definition) is 3. The highest BCUT2D eigenvalue weighted by atomic mass is 16.2. The first-order chi connectivity index (χ1) is 8.28. The molecular weight excluding hydrogens is 214 g/mol. The fourth-order valence-corrected chi connectivity index (χ4v) is 3.15. The summed E-state index contributed by atoms with van der Waals surface area (Å²) < 4.78 is 0. The molecule has 0 aliphatic carbocycles. The van der Waals surface area contributed by atoms with Crippen LogP contribution < -0.4 is 10.6 Å². The molecule has 17 heavy (non-hydrogen) atoms. The van der Waals surface area contributed by atoms with Crippen molar-refractivity contribution in [1.29, 1.82) is 0 Å². The maximum Gasteiger partial charge on any atom is 0.230 e. The first-order valence-corrected chi connectivity index (χ1v) is 6.99. The van der Waals surface area contributed by atoms with Crippen LogP contribution in [0.2, 0.25) is 0 Å². The Hall–Kier alpha value is -0.610. The zero-order chi connectivity index (χ0) is 12.1. The average Bonchev–Trinajstić information content (AvgIpc) is 2.40. The van der Waals surface area contributed by atoms with Crippen LogP contribution >= 0.6 is 0 Å². The summed E-state index contributed by atoms with van der Waals surface area (Å²) in [5.74, 6) is 0.396. The number of carbonyl (C=O) groups excluding carboxylic acids is 1. The number of nitrogens with one attached hydrogen (secondary N) is 2. The summed E-state index contributed by atoms with van der Waals surface area (Å²) in [6.45, 7) is 7.78. The molecule has 2 rings (SSSR count). The van der Waals surface area contributed by atoms with Crippen LogP contribution in [-0.4, -0.2) is 50.1 Å². The second kappa shape index (κ2) is 5.83. The predicted octanol–water partition coefficient (Wildman–Crippen LogP) is 0.588. The van der Waals surface area contributed by atoms with Gasteiger partial charge in [0, 0.05) is 32.7 Å². The summed E-state index contributed by atoms with van der Waals surface area (Å²) in [4.78, 5) is 14.8. The molecule has 0 aromatic rings. The van der Waals surface area contributed by atoms with Gasteiger partial charge in [0.25, 0.3) is 0 Å². The van der Waals surface area contributed by atoms with Gasteiger partial charge in [-0.15, -0.1) is 0 Å². The third kappa shape index (κ3) is 2.80. The molecule has 2 heterocycles. The lowest BCUT2D eigenvalue weighted by Crippen LogP contribution is -2.56. The molecule has 1 unspecified atom stereocenters. The molecular formula is C13H25N3O. The summed E-state index contributed by atoms with van der Waals surface area (Å²) in [6.07, 6.45) is 4.33. The van der Waals surface area contributed by atoms with E-state index in [4.69, 9.17) is 0 Å². The molecule has 1 atom stereocenters. The van der Waals surface area contributed by atoms with E-state index in [2.05, 4.69) is 22.5 Å². The van der Waals surface area contributed by atoms with Gasteiger partial charge in [-0.1, -0.05) is 13.3 Å². The largest absolute Gasteiger partial charge is 0.340 e. The van der Waals surface area contributed by atoms with E-state index < -0.39 is 0 Å². The van der Waals surface area contributed by atoms with Gasteiger partial charge in [-0.2, -0.15) is 0 Å². The summed E-state index contributed by atoms with van der Waals surface area (Å²) in [7, 11) is 0. The van der Waals surface area contributed by atoms with Gasteiger partial charge in [-0.05, 0) is 25.8 Å². The smallest absolute Gasteiger partial charge is 0.230 e. The Bertz CT molecular complexity index is 250. The number of piperidine rings is 1. The maximum atomic E-state index is 12.7. The molecule has 0 spiro atoms. The van der Waals surface area contributed by atoms with Gasteiger partial charge >= 0.3 is 0 Å². The third-order valence-corrected chi connectivity index (χ3v) is 4.06. The van der Waals surface area contributed by atoms with Crippen LogP contribution in [0.4, 0.5) is 0 Å². The number of piperazine rings is 1. The fraction of sp³-hybridized carbons (Fsp3) is 0.923. The lowest BCUT2D eigenvalue weighted by atomic mass is 9.75. The Morgan fingerprint density at radius 2 is 2.00 bits per heavy atom. The molecule has 2 N–H and O–H groups in total. The number of hydrogen-bond donors (Lipinski definition) is 2. The van der Waals surface area contributed by atoms with E-state index in [-0.39, 0.29) is 5.41 Å². The molecule has 0 aromatic heterocycles. The van der Waals surface area contributed by atoms with E-state index >= 15 is 0 Å². The minimum absolute atomic E-state index is 0.107. The molecule has 1 amide bonds. The maximum absolute atomic E-state index is 12.7. The van der Waals surface area contributed by atoms with E-state index in [1.54, 1.807) is 0 Å². The molecule has 2 aliphatic rings. The zero-order valence-corrected chi connectivity index (χ0v) is 10.9. The molecule has 2 aliphatic heterocycles. The Kier molecular flexibility index (Phi) is 4.40. The molecule has 98 valence electrons. The Balaban J connectivity index is 2.05. The second-order valence-electron chi connectivity index (χ2n) is 5.35. The highest BCUT2D eigenvalue weighted by Gasteiger charge is 2.41. The molecule has 4 nitrogen and oxygen atoms in total. The Labute approximate surface area is 104 Å². The van der Waals surface area contributed by atoms with Crippen LogP contribution in [0, 0.1) is 5.41 Å². The van der Waals surface area contributed by atoms with E-state index in [9.17, 15) is 4.79 Å². The number of amides is 1. The zero-order valence-electron chi connectivity index (χ0n) is 10.9. The van der Waals surface area contributed by atoms with Gasteiger partial charge in [0.15, 0.2) is 0 Å². The summed E-state index contributed by atoms with van der Waals surface area (Å²) in [5, 5.41) is 6.72. The number of nitrogens with zero attached hydrogens (tertiary/aromatic N) is 1. The van der Waals surface area contributed by atoms with Crippen molar-refractivity contribution in [2.45, 2.75) is 32.6 Å². The number of rotatable bonds is 3. The minimum atomic E-state index is -0.107. The minimum Gasteiger partial charge on any atom is -0.340 e. The first kappa shape index (κ1) is 12.8. The standard InChI is InChI=1S/C13H25N3O/c1-2-4-13(5-3-6-15-11-13)12(17)16-9-7-14-8-10-16/h14-15H,2-11H2,1H3. The molecule has 0 saturated carbocycles. The normalized spacial score (nSPS) is 30.3. The monoisotopic (exact) mass is 239 g/mol. The van der Waals surface area contributed by atoms with E-state index in [0.29, 0.717) is 5.91 Å². The summed E-state index contributed by atoms with van der Waals surface area (Å²) in [5.41, 5.74) is -0.107. The van der Waals surface area contributed by atoms with Crippen LogP contribution in [0.1, 0.15) is 32.6 Å². The van der Waals surface area contributed by atoms with Crippen molar-refractivity contribution in [3.05, 3.63) is 0 Å². The third-order valence-electron chi connectivity index (χ3n) is 4.06. The van der Waals surface area contributed by atoms with Crippen molar-refractivity contribution in [2.75, 3.05) is 39.3 Å². The molecule has 0 radical (unpaired) electrons. The highest BCUT2D eigenvalue weighted by molar-refractivity contribution is 5.83. The van der Waals surface area contributed by atoms with Crippen molar-refractivity contribution >= 4 is 5.91 Å². The molecule has 2 saturated heterocycles. The van der Waals surface area contributed by atoms with Crippen molar-refractivity contribution in [3.63, 3.8) is 0 Å². The summed E-state index contributed by atoms with van der Waals surface area (Å²) >= 11 is 0. The van der Waals surface area contributed by atoms with Crippen molar-refractivity contribution in [3.8, 4) is 0 Å². The van der Waals surface area contributed by atoms with E-state index in [1.807, 2.05) is 0 Å². The van der Waals surface area contributed by atoms with Crippen LogP contribution in [0.25, 0.3) is 0 Å². The fourth-order valence-electron chi connectivity index (χ4n) is 3.15. The van der Waals surface area contributed by atoms with Crippen molar-refractivity contribution in [2.24, 2.45) is 5.41 Å². The highest BCUT2D eigenvalue weighted by Crippen LogP contribution is 2.33. The average molecular weight is 239 g/mol. The quantitative estimate of drug-likeness (QED) is 0.757. The van der Waals surface area contributed by atoms with E-state index in [0.717, 1.165) is 65.0 Å². The van der Waals surface area contributed by atoms with Crippen molar-refractivity contribution in [1.82, 2.24) is 15.5 Å². The number of carbonyl (C=O) groups is 1. The summed E-state index contributed by atoms with van der Waals surface area (Å²) in [6, 6.07) is 0. The molecule has 2 fully saturated rings. The lowest BCUT2D eigenvalue weighted by molar-refractivity contribution is -0.144. The van der Waals surface area contributed by atoms with Gasteiger partial charge in [0.05, 0.1) is 5.41 Å². The topological polar surface area (TPSA) is 44.4 Å². The van der Waals surface area contributed by atoms with E-state index in [1.165, 1.54) is 0 Å². The van der Waals surface area contributed by atoms with Crippen LogP contribution in [0.3, 0.4) is 0 Å². The van der Waals surface area contributed by atoms with Crippen molar-refractivity contribution < 1.29 is 4.79 Å². The van der Waals surface area contributed by atoms with Crippen LogP contribution in [-0.2, 0) is 4.79 Å². The Morgan fingerprint density at radius 1 is 1.24 bits per heavy atom. The van der Waals surface area contributed by atoms with Gasteiger partial charge in [0.1, 0.15) is 0 Å². The molecule has 0 aromatic carbocycles. The predicted molar refractivity (Wildman–Crippen MR) is 68.9 cm³/mol. The molecule has 4 heteroatoms. The first-order valence-electron chi connectivity index (χ1n) is 6.99. The SMILES string of the molecule is CCCC1(C(=O)N2CCNCC2)CCCNC1. The Morgan fingerprint density at radius 3 is 2.59 bits per heavy atom.